The minimum atomic E-state index is -0.500. The van der Waals surface area contributed by atoms with Crippen molar-refractivity contribution >= 4 is 12.1 Å². The van der Waals surface area contributed by atoms with Gasteiger partial charge < -0.3 is 20.7 Å². The first-order valence-corrected chi connectivity index (χ1v) is 8.75. The highest BCUT2D eigenvalue weighted by atomic mass is 16.6. The number of allylic oxidation sites excluding steroid dienone is 1. The number of guanidine groups is 1. The Morgan fingerprint density at radius 1 is 1.25 bits per heavy atom. The summed E-state index contributed by atoms with van der Waals surface area (Å²) in [6, 6.07) is 0. The van der Waals surface area contributed by atoms with Crippen LogP contribution >= 0.6 is 0 Å². The quantitative estimate of drug-likeness (QED) is 0.395. The molecule has 0 aromatic carbocycles. The minimum absolute atomic E-state index is 0.412. The van der Waals surface area contributed by atoms with Crippen molar-refractivity contribution in [2.24, 2.45) is 4.99 Å². The second-order valence-electron chi connectivity index (χ2n) is 7.87. The SMILES string of the molecule is CN=C(NCCC1=CCCC1)NCC(C)(C)NC(=O)OC(C)(C)C. The summed E-state index contributed by atoms with van der Waals surface area (Å²) in [4.78, 5) is 16.1. The number of hydrogen-bond donors (Lipinski definition) is 3. The summed E-state index contributed by atoms with van der Waals surface area (Å²) < 4.78 is 5.30. The molecule has 0 atom stereocenters. The summed E-state index contributed by atoms with van der Waals surface area (Å²) in [6.07, 6.45) is 6.71. The third-order valence-corrected chi connectivity index (χ3v) is 3.63. The van der Waals surface area contributed by atoms with Gasteiger partial charge in [-0.3, -0.25) is 4.99 Å². The summed E-state index contributed by atoms with van der Waals surface area (Å²) in [7, 11) is 1.75. The lowest BCUT2D eigenvalue weighted by molar-refractivity contribution is 0.0474. The Hall–Kier alpha value is -1.72. The zero-order valence-corrected chi connectivity index (χ0v) is 16.1. The number of aliphatic imine (C=N–C) groups is 1. The van der Waals surface area contributed by atoms with E-state index in [2.05, 4.69) is 27.0 Å². The number of carbonyl (C=O) groups is 1. The first-order chi connectivity index (χ1) is 11.1. The van der Waals surface area contributed by atoms with Crippen LogP contribution in [0.2, 0.25) is 0 Å². The number of amides is 1. The fourth-order valence-corrected chi connectivity index (χ4v) is 2.46. The van der Waals surface area contributed by atoms with E-state index in [1.54, 1.807) is 7.05 Å². The maximum atomic E-state index is 11.9. The van der Waals surface area contributed by atoms with Gasteiger partial charge in [0.25, 0.3) is 0 Å². The minimum Gasteiger partial charge on any atom is -0.444 e. The van der Waals surface area contributed by atoms with Crippen molar-refractivity contribution in [3.05, 3.63) is 11.6 Å². The molecule has 1 amide bonds. The van der Waals surface area contributed by atoms with Gasteiger partial charge in [-0.15, -0.1) is 0 Å². The molecule has 0 aliphatic heterocycles. The van der Waals surface area contributed by atoms with Crippen molar-refractivity contribution in [2.45, 2.75) is 71.4 Å². The van der Waals surface area contributed by atoms with Crippen LogP contribution < -0.4 is 16.0 Å². The summed E-state index contributed by atoms with van der Waals surface area (Å²) in [6.45, 7) is 10.9. The van der Waals surface area contributed by atoms with Gasteiger partial charge in [-0.25, -0.2) is 4.79 Å². The summed E-state index contributed by atoms with van der Waals surface area (Å²) in [5.74, 6) is 0.743. The van der Waals surface area contributed by atoms with Gasteiger partial charge in [-0.05, 0) is 60.3 Å². The van der Waals surface area contributed by atoms with Crippen LogP contribution in [0.3, 0.4) is 0 Å². The van der Waals surface area contributed by atoms with Crippen LogP contribution in [0.5, 0.6) is 0 Å². The molecule has 1 rings (SSSR count). The number of carbonyl (C=O) groups excluding carboxylic acids is 1. The van der Waals surface area contributed by atoms with E-state index in [0.717, 1.165) is 18.9 Å². The highest BCUT2D eigenvalue weighted by molar-refractivity contribution is 5.79. The average molecular weight is 338 g/mol. The second kappa shape index (κ2) is 8.94. The van der Waals surface area contributed by atoms with Crippen LogP contribution in [0.4, 0.5) is 4.79 Å². The number of alkyl carbamates (subject to hydrolysis) is 1. The molecule has 0 saturated carbocycles. The molecule has 3 N–H and O–H groups in total. The van der Waals surface area contributed by atoms with Crippen LogP contribution in [0.15, 0.2) is 16.6 Å². The smallest absolute Gasteiger partial charge is 0.408 e. The van der Waals surface area contributed by atoms with Crippen molar-refractivity contribution in [3.63, 3.8) is 0 Å². The van der Waals surface area contributed by atoms with Gasteiger partial charge in [0.05, 0.1) is 5.54 Å². The van der Waals surface area contributed by atoms with Gasteiger partial charge in [-0.1, -0.05) is 11.6 Å². The molecule has 24 heavy (non-hydrogen) atoms. The number of hydrogen-bond acceptors (Lipinski definition) is 3. The predicted octanol–water partition coefficient (Wildman–Crippen LogP) is 2.96. The Morgan fingerprint density at radius 3 is 2.50 bits per heavy atom. The monoisotopic (exact) mass is 338 g/mol. The molecule has 0 heterocycles. The zero-order chi connectivity index (χ0) is 18.2. The molecule has 6 nitrogen and oxygen atoms in total. The lowest BCUT2D eigenvalue weighted by Crippen LogP contribution is -2.54. The number of nitrogens with one attached hydrogen (secondary N) is 3. The van der Waals surface area contributed by atoms with Gasteiger partial charge in [0.2, 0.25) is 0 Å². The van der Waals surface area contributed by atoms with E-state index in [9.17, 15) is 4.79 Å². The summed E-state index contributed by atoms with van der Waals surface area (Å²) >= 11 is 0. The van der Waals surface area contributed by atoms with Crippen LogP contribution in [0.1, 0.15) is 60.3 Å². The molecular formula is C18H34N4O2. The van der Waals surface area contributed by atoms with E-state index < -0.39 is 17.2 Å². The van der Waals surface area contributed by atoms with Crippen molar-refractivity contribution < 1.29 is 9.53 Å². The third kappa shape index (κ3) is 8.79. The van der Waals surface area contributed by atoms with Gasteiger partial charge in [0, 0.05) is 20.1 Å². The van der Waals surface area contributed by atoms with E-state index >= 15 is 0 Å². The Balaban J connectivity index is 2.33. The Labute approximate surface area is 146 Å². The average Bonchev–Trinajstić information content (AvgIpc) is 2.92. The molecule has 0 unspecified atom stereocenters. The molecule has 0 aromatic heterocycles. The second-order valence-corrected chi connectivity index (χ2v) is 7.87. The van der Waals surface area contributed by atoms with Gasteiger partial charge in [-0.2, -0.15) is 0 Å². The molecule has 6 heteroatoms. The molecule has 138 valence electrons. The highest BCUT2D eigenvalue weighted by Gasteiger charge is 2.24. The molecule has 0 fully saturated rings. The normalized spacial score (nSPS) is 15.8. The van der Waals surface area contributed by atoms with Gasteiger partial charge in [0.15, 0.2) is 5.96 Å². The third-order valence-electron chi connectivity index (χ3n) is 3.63. The van der Waals surface area contributed by atoms with Gasteiger partial charge in [0.1, 0.15) is 5.60 Å². The highest BCUT2D eigenvalue weighted by Crippen LogP contribution is 2.19. The Morgan fingerprint density at radius 2 is 1.96 bits per heavy atom. The van der Waals surface area contributed by atoms with Crippen LogP contribution in [-0.2, 0) is 4.74 Å². The van der Waals surface area contributed by atoms with Crippen LogP contribution in [0.25, 0.3) is 0 Å². The topological polar surface area (TPSA) is 74.8 Å². The van der Waals surface area contributed by atoms with Crippen LogP contribution in [-0.4, -0.2) is 43.3 Å². The Kier molecular flexibility index (Phi) is 7.58. The lowest BCUT2D eigenvalue weighted by Gasteiger charge is -2.29. The standard InChI is InChI=1S/C18H34N4O2/c1-17(2,3)24-16(23)22-18(4,5)13-21-15(19-6)20-12-11-14-9-7-8-10-14/h9H,7-8,10-13H2,1-6H3,(H,22,23)(H2,19,20,21). The fraction of sp³-hybridized carbons (Fsp3) is 0.778. The molecule has 0 aromatic rings. The predicted molar refractivity (Wildman–Crippen MR) is 99.4 cm³/mol. The van der Waals surface area contributed by atoms with E-state index in [1.165, 1.54) is 24.8 Å². The molecule has 0 radical (unpaired) electrons. The summed E-state index contributed by atoms with van der Waals surface area (Å²) in [5.41, 5.74) is 0.582. The zero-order valence-electron chi connectivity index (χ0n) is 16.1. The number of nitrogens with zero attached hydrogens (tertiary/aromatic N) is 1. The molecule has 0 saturated heterocycles. The maximum Gasteiger partial charge on any atom is 0.408 e. The van der Waals surface area contributed by atoms with Crippen molar-refractivity contribution in [1.29, 1.82) is 0 Å². The number of rotatable bonds is 6. The molecule has 1 aliphatic rings. The Bertz CT molecular complexity index is 476. The lowest BCUT2D eigenvalue weighted by atomic mass is 10.1. The largest absolute Gasteiger partial charge is 0.444 e. The summed E-state index contributed by atoms with van der Waals surface area (Å²) in [5, 5.41) is 9.44. The molecule has 0 spiro atoms. The van der Waals surface area contributed by atoms with E-state index in [0.29, 0.717) is 6.54 Å². The molecule has 1 aliphatic carbocycles. The first-order valence-electron chi connectivity index (χ1n) is 8.75. The fourth-order valence-electron chi connectivity index (χ4n) is 2.46. The van der Waals surface area contributed by atoms with Crippen molar-refractivity contribution in [2.75, 3.05) is 20.1 Å². The molecular weight excluding hydrogens is 304 g/mol. The first kappa shape index (κ1) is 20.3. The van der Waals surface area contributed by atoms with Crippen molar-refractivity contribution in [3.8, 4) is 0 Å². The molecule has 0 bridgehead atoms. The maximum absolute atomic E-state index is 11.9. The van der Waals surface area contributed by atoms with E-state index in [-0.39, 0.29) is 0 Å². The van der Waals surface area contributed by atoms with Crippen molar-refractivity contribution in [1.82, 2.24) is 16.0 Å². The van der Waals surface area contributed by atoms with Gasteiger partial charge >= 0.3 is 6.09 Å². The van der Waals surface area contributed by atoms with E-state index in [4.69, 9.17) is 4.74 Å². The number of ether oxygens (including phenoxy) is 1. The van der Waals surface area contributed by atoms with E-state index in [1.807, 2.05) is 34.6 Å². The van der Waals surface area contributed by atoms with Crippen LogP contribution in [0, 0.1) is 0 Å².